The number of fused-ring (bicyclic) bond motifs is 4. The average molecular weight is 538 g/mol. The molecule has 1 fully saturated rings. The molecule has 8 heteroatoms. The van der Waals surface area contributed by atoms with Gasteiger partial charge >= 0.3 is 0 Å². The minimum atomic E-state index is -1.06. The molecule has 5 rings (SSSR count). The molecule has 1 amide bonds. The van der Waals surface area contributed by atoms with Gasteiger partial charge in [-0.05, 0) is 80.7 Å². The minimum absolute atomic E-state index is 0.171. The summed E-state index contributed by atoms with van der Waals surface area (Å²) in [6.07, 6.45) is 0. The van der Waals surface area contributed by atoms with Crippen molar-refractivity contribution in [3.05, 3.63) is 82.3 Å². The number of carbonyl (C=O) groups is 1. The number of halogens is 1. The number of aryl methyl sites for hydroxylation is 1. The highest BCUT2D eigenvalue weighted by Crippen LogP contribution is 2.50. The summed E-state index contributed by atoms with van der Waals surface area (Å²) in [7, 11) is 1.61. The van der Waals surface area contributed by atoms with Gasteiger partial charge in [0.25, 0.3) is 0 Å². The fraction of sp³-hybridized carbons (Fsp3) is 0.231. The van der Waals surface area contributed by atoms with Gasteiger partial charge in [0.1, 0.15) is 17.4 Å². The number of rotatable bonds is 4. The monoisotopic (exact) mass is 537 g/mol. The minimum Gasteiger partial charge on any atom is -0.497 e. The van der Waals surface area contributed by atoms with E-state index < -0.39 is 11.6 Å². The lowest BCUT2D eigenvalue weighted by molar-refractivity contribution is -0.130. The second-order valence-corrected chi connectivity index (χ2v) is 9.93. The number of benzene rings is 3. The van der Waals surface area contributed by atoms with Gasteiger partial charge in [0.2, 0.25) is 5.91 Å². The summed E-state index contributed by atoms with van der Waals surface area (Å²) in [6.45, 7) is 3.96. The van der Waals surface area contributed by atoms with E-state index in [2.05, 4.69) is 26.6 Å². The summed E-state index contributed by atoms with van der Waals surface area (Å²) in [5.41, 5.74) is 2.49. The Morgan fingerprint density at radius 1 is 1.15 bits per heavy atom. The molecule has 2 aliphatic rings. The van der Waals surface area contributed by atoms with Crippen LogP contribution in [0.4, 0.5) is 11.4 Å². The third-order valence-corrected chi connectivity index (χ3v) is 7.19. The molecule has 1 saturated heterocycles. The molecule has 2 N–H and O–H groups in total. The summed E-state index contributed by atoms with van der Waals surface area (Å²) >= 11 is 9.35. The van der Waals surface area contributed by atoms with E-state index >= 15 is 0 Å². The van der Waals surface area contributed by atoms with Crippen LogP contribution in [0.1, 0.15) is 24.1 Å². The molecule has 2 heterocycles. The maximum Gasteiger partial charge on any atom is 0.236 e. The van der Waals surface area contributed by atoms with Crippen molar-refractivity contribution in [1.82, 2.24) is 5.32 Å². The van der Waals surface area contributed by atoms with Gasteiger partial charge in [0.15, 0.2) is 10.8 Å². The van der Waals surface area contributed by atoms with Crippen molar-refractivity contribution in [3.63, 3.8) is 0 Å². The number of anilines is 2. The molecule has 174 valence electrons. The Morgan fingerprint density at radius 2 is 1.85 bits per heavy atom. The highest BCUT2D eigenvalue weighted by Gasteiger charge is 2.59. The molecular formula is C26H24BrN3O3S. The molecule has 2 aliphatic heterocycles. The summed E-state index contributed by atoms with van der Waals surface area (Å²) in [5.74, 6) is 0.662. The normalized spacial score (nSPS) is 22.8. The zero-order chi connectivity index (χ0) is 24.0. The predicted octanol–water partition coefficient (Wildman–Crippen LogP) is 5.57. The first-order valence-electron chi connectivity index (χ1n) is 10.9. The molecule has 0 aliphatic carbocycles. The largest absolute Gasteiger partial charge is 0.497 e. The van der Waals surface area contributed by atoms with E-state index in [1.807, 2.05) is 85.5 Å². The van der Waals surface area contributed by atoms with Crippen LogP contribution >= 0.6 is 28.1 Å². The number of nitrogens with zero attached hydrogens (tertiary/aromatic N) is 1. The molecule has 0 aromatic heterocycles. The number of amides is 1. The highest BCUT2D eigenvalue weighted by molar-refractivity contribution is 9.10. The Balaban J connectivity index is 1.59. The van der Waals surface area contributed by atoms with Gasteiger partial charge in [-0.25, -0.2) is 0 Å². The van der Waals surface area contributed by atoms with Gasteiger partial charge in [0.05, 0.1) is 13.2 Å². The van der Waals surface area contributed by atoms with Crippen molar-refractivity contribution in [1.29, 1.82) is 0 Å². The molecule has 6 nitrogen and oxygen atoms in total. The van der Waals surface area contributed by atoms with Gasteiger partial charge in [-0.2, -0.15) is 0 Å². The SMILES string of the molecule is COc1ccc(NC(=O)[C@@H]2[C@H]3NC(=S)N(c4ccc(C)cc4)[C@@]2(C)Oc2ccc(Br)cc23)cc1. The zero-order valence-electron chi connectivity index (χ0n) is 19.0. The number of carbonyl (C=O) groups excluding carboxylic acids is 1. The third kappa shape index (κ3) is 3.80. The van der Waals surface area contributed by atoms with E-state index in [0.717, 1.165) is 32.8 Å². The standard InChI is InChI=1S/C26H24BrN3O3S/c1-15-4-9-18(10-5-15)30-25(34)29-23-20-14-16(27)6-13-21(20)33-26(30,2)22(23)24(31)28-17-7-11-19(32-3)12-8-17/h4-14,22-23H,1-3H3,(H,28,31)(H,29,34)/t22-,23-,26-/m0/s1. The van der Waals surface area contributed by atoms with E-state index in [0.29, 0.717) is 10.8 Å². The molecule has 0 radical (unpaired) electrons. The predicted molar refractivity (Wildman–Crippen MR) is 140 cm³/mol. The average Bonchev–Trinajstić information content (AvgIpc) is 2.81. The Hall–Kier alpha value is -3.10. The van der Waals surface area contributed by atoms with Crippen LogP contribution in [0, 0.1) is 12.8 Å². The Morgan fingerprint density at radius 3 is 2.53 bits per heavy atom. The van der Waals surface area contributed by atoms with Crippen molar-refractivity contribution < 1.29 is 14.3 Å². The van der Waals surface area contributed by atoms with Crippen LogP contribution in [-0.4, -0.2) is 23.9 Å². The van der Waals surface area contributed by atoms with Crippen molar-refractivity contribution in [3.8, 4) is 11.5 Å². The van der Waals surface area contributed by atoms with Crippen LogP contribution in [0.25, 0.3) is 0 Å². The molecule has 0 unspecified atom stereocenters. The lowest BCUT2D eigenvalue weighted by atomic mass is 9.78. The first-order valence-corrected chi connectivity index (χ1v) is 12.1. The first-order chi connectivity index (χ1) is 16.3. The van der Waals surface area contributed by atoms with E-state index in [1.165, 1.54) is 0 Å². The topological polar surface area (TPSA) is 62.8 Å². The zero-order valence-corrected chi connectivity index (χ0v) is 21.4. The first kappa shape index (κ1) is 22.7. The second-order valence-electron chi connectivity index (χ2n) is 8.63. The Labute approximate surface area is 212 Å². The quantitative estimate of drug-likeness (QED) is 0.424. The van der Waals surface area contributed by atoms with Gasteiger partial charge < -0.3 is 20.1 Å². The van der Waals surface area contributed by atoms with Crippen molar-refractivity contribution in [2.24, 2.45) is 5.92 Å². The number of ether oxygens (including phenoxy) is 2. The maximum absolute atomic E-state index is 13.8. The summed E-state index contributed by atoms with van der Waals surface area (Å²) in [6, 6.07) is 20.8. The van der Waals surface area contributed by atoms with Crippen LogP contribution in [0.3, 0.4) is 0 Å². The van der Waals surface area contributed by atoms with Gasteiger partial charge in [-0.15, -0.1) is 0 Å². The summed E-state index contributed by atoms with van der Waals surface area (Å²) in [4.78, 5) is 15.7. The van der Waals surface area contributed by atoms with Gasteiger partial charge in [-0.1, -0.05) is 33.6 Å². The lowest BCUT2D eigenvalue weighted by Crippen LogP contribution is -2.72. The lowest BCUT2D eigenvalue weighted by Gasteiger charge is -2.56. The smallest absolute Gasteiger partial charge is 0.236 e. The highest BCUT2D eigenvalue weighted by atomic mass is 79.9. The molecule has 34 heavy (non-hydrogen) atoms. The number of hydrogen-bond acceptors (Lipinski definition) is 4. The number of nitrogens with one attached hydrogen (secondary N) is 2. The Bertz CT molecular complexity index is 1270. The number of methoxy groups -OCH3 is 1. The number of thiocarbonyl (C=S) groups is 1. The Kier molecular flexibility index (Phi) is 5.73. The van der Waals surface area contributed by atoms with E-state index in [-0.39, 0.29) is 11.9 Å². The van der Waals surface area contributed by atoms with Crippen molar-refractivity contribution >= 4 is 50.5 Å². The van der Waals surface area contributed by atoms with Gasteiger partial charge in [0, 0.05) is 21.4 Å². The van der Waals surface area contributed by atoms with Crippen LogP contribution in [-0.2, 0) is 4.79 Å². The maximum atomic E-state index is 13.8. The van der Waals surface area contributed by atoms with Crippen molar-refractivity contribution in [2.75, 3.05) is 17.3 Å². The fourth-order valence-corrected chi connectivity index (χ4v) is 5.52. The molecule has 3 atom stereocenters. The molecule has 3 aromatic rings. The van der Waals surface area contributed by atoms with E-state index in [1.54, 1.807) is 7.11 Å². The molecule has 0 spiro atoms. The van der Waals surface area contributed by atoms with Crippen LogP contribution in [0.5, 0.6) is 11.5 Å². The molecule has 2 bridgehead atoms. The second kappa shape index (κ2) is 8.60. The summed E-state index contributed by atoms with van der Waals surface area (Å²) in [5, 5.41) is 7.00. The fourth-order valence-electron chi connectivity index (χ4n) is 4.73. The molecule has 3 aromatic carbocycles. The van der Waals surface area contributed by atoms with Gasteiger partial charge in [-0.3, -0.25) is 9.69 Å². The van der Waals surface area contributed by atoms with Crippen LogP contribution in [0.15, 0.2) is 71.2 Å². The van der Waals surface area contributed by atoms with Crippen LogP contribution in [0.2, 0.25) is 0 Å². The molecular weight excluding hydrogens is 514 g/mol. The third-order valence-electron chi connectivity index (χ3n) is 6.39. The van der Waals surface area contributed by atoms with Crippen molar-refractivity contribution in [2.45, 2.75) is 25.6 Å². The van der Waals surface area contributed by atoms with E-state index in [4.69, 9.17) is 21.7 Å². The number of hydrogen-bond donors (Lipinski definition) is 2. The summed E-state index contributed by atoms with van der Waals surface area (Å²) < 4.78 is 12.8. The van der Waals surface area contributed by atoms with E-state index in [9.17, 15) is 4.79 Å². The van der Waals surface area contributed by atoms with Crippen LogP contribution < -0.4 is 25.0 Å². The molecule has 0 saturated carbocycles.